The summed E-state index contributed by atoms with van der Waals surface area (Å²) in [6, 6.07) is 12.6. The molecule has 192 valence electrons. The number of nitrogens with zero attached hydrogens (tertiary/aromatic N) is 2. The zero-order valence-electron chi connectivity index (χ0n) is 20.3. The molecule has 0 amide bonds. The van der Waals surface area contributed by atoms with E-state index in [4.69, 9.17) is 4.74 Å². The molecule has 0 aliphatic carbocycles. The van der Waals surface area contributed by atoms with Gasteiger partial charge in [-0.1, -0.05) is 30.3 Å². The van der Waals surface area contributed by atoms with E-state index >= 15 is 0 Å². The van der Waals surface area contributed by atoms with Gasteiger partial charge in [0.15, 0.2) is 0 Å². The molecule has 4 rings (SSSR count). The van der Waals surface area contributed by atoms with Gasteiger partial charge in [0.1, 0.15) is 19.0 Å². The van der Waals surface area contributed by atoms with E-state index in [1.807, 2.05) is 49.4 Å². The summed E-state index contributed by atoms with van der Waals surface area (Å²) in [5.41, 5.74) is 3.62. The number of halogens is 3. The van der Waals surface area contributed by atoms with E-state index in [9.17, 15) is 23.4 Å². The van der Waals surface area contributed by atoms with Crippen LogP contribution in [0.2, 0.25) is 0 Å². The van der Waals surface area contributed by atoms with Gasteiger partial charge in [0.25, 0.3) is 5.92 Å². The summed E-state index contributed by atoms with van der Waals surface area (Å²) in [4.78, 5) is 3.90. The highest BCUT2D eigenvalue weighted by molar-refractivity contribution is 5.44. The predicted molar refractivity (Wildman–Crippen MR) is 129 cm³/mol. The van der Waals surface area contributed by atoms with Gasteiger partial charge in [-0.3, -0.25) is 14.2 Å². The Hall–Kier alpha value is -2.13. The third-order valence-electron chi connectivity index (χ3n) is 7.13. The van der Waals surface area contributed by atoms with Gasteiger partial charge >= 0.3 is 0 Å². The van der Waals surface area contributed by atoms with Gasteiger partial charge in [-0.05, 0) is 54.7 Å². The van der Waals surface area contributed by atoms with Crippen LogP contribution in [-0.4, -0.2) is 78.0 Å². The monoisotopic (exact) mass is 492 g/mol. The molecule has 2 aliphatic heterocycles. The van der Waals surface area contributed by atoms with E-state index in [2.05, 4.69) is 4.90 Å². The van der Waals surface area contributed by atoms with Crippen LogP contribution in [0.4, 0.5) is 13.2 Å². The van der Waals surface area contributed by atoms with Crippen molar-refractivity contribution in [3.63, 3.8) is 0 Å². The minimum absolute atomic E-state index is 0.146. The molecular formula is C27H35F3N2O3. The molecule has 3 atom stereocenters. The number of aliphatic hydroxyl groups excluding tert-OH is 2. The summed E-state index contributed by atoms with van der Waals surface area (Å²) < 4.78 is 47.1. The molecule has 35 heavy (non-hydrogen) atoms. The number of fused-ring (bicyclic) bond motifs is 1. The molecule has 2 aliphatic rings. The van der Waals surface area contributed by atoms with Crippen molar-refractivity contribution in [1.29, 1.82) is 0 Å². The number of ether oxygens (including phenoxy) is 1. The molecule has 0 unspecified atom stereocenters. The first kappa shape index (κ1) is 25.9. The zero-order valence-corrected chi connectivity index (χ0v) is 20.3. The molecule has 2 aromatic carbocycles. The first-order valence-electron chi connectivity index (χ1n) is 12.3. The van der Waals surface area contributed by atoms with E-state index in [-0.39, 0.29) is 18.6 Å². The number of benzene rings is 2. The fourth-order valence-corrected chi connectivity index (χ4v) is 5.13. The fraction of sp³-hybridized carbons (Fsp3) is 0.556. The Morgan fingerprint density at radius 3 is 2.49 bits per heavy atom. The molecule has 0 saturated carbocycles. The van der Waals surface area contributed by atoms with Crippen molar-refractivity contribution in [1.82, 2.24) is 9.80 Å². The van der Waals surface area contributed by atoms with E-state index in [0.29, 0.717) is 18.8 Å². The highest BCUT2D eigenvalue weighted by atomic mass is 19.3. The second-order valence-corrected chi connectivity index (χ2v) is 9.97. The van der Waals surface area contributed by atoms with E-state index in [0.717, 1.165) is 41.9 Å². The number of hydrogen-bond acceptors (Lipinski definition) is 5. The van der Waals surface area contributed by atoms with E-state index in [1.54, 1.807) is 11.8 Å². The van der Waals surface area contributed by atoms with Crippen LogP contribution >= 0.6 is 0 Å². The highest BCUT2D eigenvalue weighted by Gasteiger charge is 2.40. The average molecular weight is 493 g/mol. The smallest absolute Gasteiger partial charge is 0.283 e. The molecule has 1 fully saturated rings. The molecule has 0 bridgehead atoms. The van der Waals surface area contributed by atoms with Crippen LogP contribution in [0.5, 0.6) is 5.75 Å². The maximum Gasteiger partial charge on any atom is 0.283 e. The Bertz CT molecular complexity index is 980. The van der Waals surface area contributed by atoms with Crippen molar-refractivity contribution in [2.45, 2.75) is 44.4 Å². The van der Waals surface area contributed by atoms with Crippen LogP contribution in [0.1, 0.15) is 48.2 Å². The summed E-state index contributed by atoms with van der Waals surface area (Å²) in [5, 5.41) is 19.2. The molecule has 2 aromatic rings. The fourth-order valence-electron chi connectivity index (χ4n) is 5.13. The van der Waals surface area contributed by atoms with Crippen molar-refractivity contribution in [2.75, 3.05) is 46.1 Å². The van der Waals surface area contributed by atoms with Gasteiger partial charge in [0.2, 0.25) is 0 Å². The molecule has 2 heterocycles. The van der Waals surface area contributed by atoms with Gasteiger partial charge in [0, 0.05) is 31.6 Å². The van der Waals surface area contributed by atoms with Gasteiger partial charge in [0.05, 0.1) is 25.4 Å². The van der Waals surface area contributed by atoms with E-state index in [1.165, 1.54) is 0 Å². The van der Waals surface area contributed by atoms with Crippen LogP contribution in [0, 0.1) is 5.92 Å². The minimum Gasteiger partial charge on any atom is -0.492 e. The zero-order chi connectivity index (χ0) is 25.2. The Balaban J connectivity index is 1.54. The Morgan fingerprint density at radius 1 is 1.14 bits per heavy atom. The standard InChI is InChI=1S/C27H35F3N2O3/c1-18-11-23-12-22(19(2)34)5-8-25(23)26(32(18)16-27(29,30)17-33)21-3-6-24(7-4-21)35-10-9-31-14-20(13-28)15-31/h3-8,12,18-20,26,33-34H,9-11,13-17H2,1-2H3/t18-,19-,26-/m0/s1. The molecule has 1 saturated heterocycles. The van der Waals surface area contributed by atoms with Crippen LogP contribution in [0.25, 0.3) is 0 Å². The van der Waals surface area contributed by atoms with Crippen molar-refractivity contribution in [3.8, 4) is 5.75 Å². The summed E-state index contributed by atoms with van der Waals surface area (Å²) in [6.45, 7) is 4.36. The second-order valence-electron chi connectivity index (χ2n) is 9.97. The third kappa shape index (κ3) is 6.00. The Morgan fingerprint density at radius 2 is 1.86 bits per heavy atom. The van der Waals surface area contributed by atoms with Crippen molar-refractivity contribution >= 4 is 0 Å². The number of alkyl halides is 3. The second kappa shape index (κ2) is 10.9. The molecular weight excluding hydrogens is 457 g/mol. The Kier molecular flexibility index (Phi) is 8.06. The van der Waals surface area contributed by atoms with Crippen molar-refractivity contribution in [2.24, 2.45) is 5.92 Å². The van der Waals surface area contributed by atoms with Gasteiger partial charge < -0.3 is 14.9 Å². The Labute approximate surface area is 205 Å². The lowest BCUT2D eigenvalue weighted by Crippen LogP contribution is -2.49. The van der Waals surface area contributed by atoms with Crippen LogP contribution in [0.15, 0.2) is 42.5 Å². The summed E-state index contributed by atoms with van der Waals surface area (Å²) in [5.74, 6) is -2.38. The maximum absolute atomic E-state index is 14.3. The SMILES string of the molecule is C[C@H](O)c1ccc2c(c1)C[C@H](C)N(CC(F)(F)CO)[C@H]2c1ccc(OCCN2CC(CF)C2)cc1. The largest absolute Gasteiger partial charge is 0.492 e. The predicted octanol–water partition coefficient (Wildman–Crippen LogP) is 3.98. The molecule has 0 radical (unpaired) electrons. The maximum atomic E-state index is 14.3. The normalized spacial score (nSPS) is 22.5. The lowest BCUT2D eigenvalue weighted by molar-refractivity contribution is -0.0862. The van der Waals surface area contributed by atoms with Gasteiger partial charge in [-0.15, -0.1) is 0 Å². The summed E-state index contributed by atoms with van der Waals surface area (Å²) in [7, 11) is 0. The number of rotatable bonds is 10. The van der Waals surface area contributed by atoms with Crippen molar-refractivity contribution < 1.29 is 28.1 Å². The average Bonchev–Trinajstić information content (AvgIpc) is 2.81. The topological polar surface area (TPSA) is 56.2 Å². The summed E-state index contributed by atoms with van der Waals surface area (Å²) in [6.07, 6.45) is -0.0316. The number of likely N-dealkylation sites (tertiary alicyclic amines) is 1. The van der Waals surface area contributed by atoms with Gasteiger partial charge in [-0.2, -0.15) is 0 Å². The van der Waals surface area contributed by atoms with Crippen LogP contribution < -0.4 is 4.74 Å². The molecule has 8 heteroatoms. The number of aliphatic hydroxyl groups is 2. The molecule has 2 N–H and O–H groups in total. The molecule has 0 spiro atoms. The summed E-state index contributed by atoms with van der Waals surface area (Å²) >= 11 is 0. The van der Waals surface area contributed by atoms with Crippen molar-refractivity contribution in [3.05, 3.63) is 64.7 Å². The van der Waals surface area contributed by atoms with Crippen LogP contribution in [-0.2, 0) is 6.42 Å². The first-order valence-corrected chi connectivity index (χ1v) is 12.3. The lowest BCUT2D eigenvalue weighted by Gasteiger charge is -2.43. The molecule has 5 nitrogen and oxygen atoms in total. The lowest BCUT2D eigenvalue weighted by atomic mass is 9.83. The quantitative estimate of drug-likeness (QED) is 0.526. The minimum atomic E-state index is -3.22. The number of hydrogen-bond donors (Lipinski definition) is 2. The van der Waals surface area contributed by atoms with Crippen LogP contribution in [0.3, 0.4) is 0 Å². The first-order chi connectivity index (χ1) is 16.7. The highest BCUT2D eigenvalue weighted by Crippen LogP contribution is 2.40. The third-order valence-corrected chi connectivity index (χ3v) is 7.13. The molecule has 0 aromatic heterocycles. The van der Waals surface area contributed by atoms with Gasteiger partial charge in [-0.25, -0.2) is 8.78 Å². The van der Waals surface area contributed by atoms with E-state index < -0.39 is 31.2 Å².